The number of piperidine rings is 1. The Hall–Kier alpha value is -1.98. The van der Waals surface area contributed by atoms with E-state index in [2.05, 4.69) is 0 Å². The van der Waals surface area contributed by atoms with Gasteiger partial charge in [-0.2, -0.15) is 9.57 Å². The molecule has 2 unspecified atom stereocenters. The van der Waals surface area contributed by atoms with Crippen molar-refractivity contribution in [3.63, 3.8) is 0 Å². The third kappa shape index (κ3) is 3.10. The highest BCUT2D eigenvalue weighted by atomic mass is 32.2. The minimum absolute atomic E-state index is 0.104. The van der Waals surface area contributed by atoms with Gasteiger partial charge in [0.1, 0.15) is 11.9 Å². The molecule has 0 aromatic heterocycles. The van der Waals surface area contributed by atoms with E-state index in [0.29, 0.717) is 6.42 Å². The molecule has 1 aliphatic heterocycles. The van der Waals surface area contributed by atoms with Gasteiger partial charge >= 0.3 is 5.97 Å². The summed E-state index contributed by atoms with van der Waals surface area (Å²) in [5.41, 5.74) is -0.241. The first kappa shape index (κ1) is 16.4. The summed E-state index contributed by atoms with van der Waals surface area (Å²) in [4.78, 5) is 10.9. The lowest BCUT2D eigenvalue weighted by Gasteiger charge is -2.33. The summed E-state index contributed by atoms with van der Waals surface area (Å²) in [6, 6.07) is 4.68. The molecular formula is C14H15FN2O4S. The molecule has 118 valence electrons. The summed E-state index contributed by atoms with van der Waals surface area (Å²) in [6.07, 6.45) is 0.406. The molecule has 22 heavy (non-hydrogen) atoms. The third-order valence-corrected chi connectivity index (χ3v) is 5.50. The highest BCUT2D eigenvalue weighted by Gasteiger charge is 2.36. The van der Waals surface area contributed by atoms with Crippen molar-refractivity contribution in [3.05, 3.63) is 29.6 Å². The minimum atomic E-state index is -3.99. The van der Waals surface area contributed by atoms with Crippen LogP contribution in [-0.4, -0.2) is 36.9 Å². The van der Waals surface area contributed by atoms with Crippen molar-refractivity contribution < 1.29 is 22.7 Å². The number of halogens is 1. The molecule has 0 bridgehead atoms. The van der Waals surface area contributed by atoms with Crippen LogP contribution < -0.4 is 0 Å². The van der Waals surface area contributed by atoms with Gasteiger partial charge in [0.05, 0.1) is 16.4 Å². The Kier molecular flexibility index (Phi) is 4.49. The summed E-state index contributed by atoms with van der Waals surface area (Å²) >= 11 is 0. The maximum Gasteiger partial charge on any atom is 0.307 e. The molecule has 1 fully saturated rings. The Balaban J connectivity index is 2.35. The van der Waals surface area contributed by atoms with Crippen molar-refractivity contribution in [1.82, 2.24) is 4.31 Å². The summed E-state index contributed by atoms with van der Waals surface area (Å²) in [6.45, 7) is 1.83. The quantitative estimate of drug-likeness (QED) is 0.906. The standard InChI is InChI=1S/C14H15FN2O4S/c1-9-4-11(14(18)19)8-17(7-9)22(20,21)12-3-2-10(6-16)13(15)5-12/h2-3,5,9,11H,4,7-8H2,1H3,(H,18,19). The molecular weight excluding hydrogens is 311 g/mol. The summed E-state index contributed by atoms with van der Waals surface area (Å²) < 4.78 is 39.8. The third-order valence-electron chi connectivity index (χ3n) is 3.67. The zero-order valence-corrected chi connectivity index (χ0v) is 12.7. The number of carbonyl (C=O) groups is 1. The zero-order valence-electron chi connectivity index (χ0n) is 11.9. The smallest absolute Gasteiger partial charge is 0.307 e. The lowest BCUT2D eigenvalue weighted by molar-refractivity contribution is -0.143. The van der Waals surface area contributed by atoms with Crippen molar-refractivity contribution in [2.75, 3.05) is 13.1 Å². The first-order valence-corrected chi connectivity index (χ1v) is 8.12. The van der Waals surface area contributed by atoms with Crippen molar-refractivity contribution in [2.45, 2.75) is 18.2 Å². The molecule has 2 atom stereocenters. The molecule has 0 saturated carbocycles. The number of aliphatic carboxylic acids is 1. The summed E-state index contributed by atoms with van der Waals surface area (Å²) in [7, 11) is -3.99. The topological polar surface area (TPSA) is 98.5 Å². The van der Waals surface area contributed by atoms with E-state index in [-0.39, 0.29) is 29.5 Å². The average molecular weight is 326 g/mol. The van der Waals surface area contributed by atoms with E-state index in [9.17, 15) is 17.6 Å². The second-order valence-electron chi connectivity index (χ2n) is 5.45. The lowest BCUT2D eigenvalue weighted by Crippen LogP contribution is -2.45. The first-order valence-electron chi connectivity index (χ1n) is 6.68. The fourth-order valence-corrected chi connectivity index (χ4v) is 4.19. The molecule has 2 rings (SSSR count). The van der Waals surface area contributed by atoms with Crippen LogP contribution in [0, 0.1) is 29.0 Å². The molecule has 0 radical (unpaired) electrons. The van der Waals surface area contributed by atoms with E-state index >= 15 is 0 Å². The van der Waals surface area contributed by atoms with Gasteiger partial charge in [-0.3, -0.25) is 4.79 Å². The predicted molar refractivity (Wildman–Crippen MR) is 74.8 cm³/mol. The van der Waals surface area contributed by atoms with Crippen LogP contribution in [0.2, 0.25) is 0 Å². The van der Waals surface area contributed by atoms with E-state index in [0.717, 1.165) is 22.5 Å². The molecule has 1 aliphatic rings. The van der Waals surface area contributed by atoms with Gasteiger partial charge in [-0.15, -0.1) is 0 Å². The Labute approximate surface area is 127 Å². The molecule has 8 heteroatoms. The van der Waals surface area contributed by atoms with Crippen molar-refractivity contribution in [1.29, 1.82) is 5.26 Å². The van der Waals surface area contributed by atoms with Crippen LogP contribution in [0.4, 0.5) is 4.39 Å². The average Bonchev–Trinajstić information content (AvgIpc) is 2.46. The van der Waals surface area contributed by atoms with Crippen LogP contribution in [0.25, 0.3) is 0 Å². The number of hydrogen-bond donors (Lipinski definition) is 1. The van der Waals surface area contributed by atoms with Gasteiger partial charge < -0.3 is 5.11 Å². The highest BCUT2D eigenvalue weighted by Crippen LogP contribution is 2.27. The van der Waals surface area contributed by atoms with Gasteiger partial charge in [0.25, 0.3) is 0 Å². The van der Waals surface area contributed by atoms with Crippen LogP contribution in [-0.2, 0) is 14.8 Å². The van der Waals surface area contributed by atoms with Crippen molar-refractivity contribution in [3.8, 4) is 6.07 Å². The Morgan fingerprint density at radius 3 is 2.68 bits per heavy atom. The highest BCUT2D eigenvalue weighted by molar-refractivity contribution is 7.89. The monoisotopic (exact) mass is 326 g/mol. The number of carboxylic acid groups (broad SMARTS) is 1. The Morgan fingerprint density at radius 1 is 1.45 bits per heavy atom. The molecule has 1 aromatic carbocycles. The number of rotatable bonds is 3. The van der Waals surface area contributed by atoms with Crippen LogP contribution >= 0.6 is 0 Å². The molecule has 6 nitrogen and oxygen atoms in total. The van der Waals surface area contributed by atoms with E-state index in [1.807, 2.05) is 0 Å². The molecule has 0 amide bonds. The normalized spacial score (nSPS) is 23.0. The number of hydrogen-bond acceptors (Lipinski definition) is 4. The van der Waals surface area contributed by atoms with Crippen molar-refractivity contribution in [2.24, 2.45) is 11.8 Å². The maximum absolute atomic E-state index is 13.6. The number of carboxylic acids is 1. The van der Waals surface area contributed by atoms with E-state index < -0.39 is 27.7 Å². The van der Waals surface area contributed by atoms with E-state index in [4.69, 9.17) is 10.4 Å². The molecule has 1 N–H and O–H groups in total. The van der Waals surface area contributed by atoms with E-state index in [1.54, 1.807) is 13.0 Å². The number of nitrogens with zero attached hydrogens (tertiary/aromatic N) is 2. The van der Waals surface area contributed by atoms with Gasteiger partial charge in [0.15, 0.2) is 0 Å². The fourth-order valence-electron chi connectivity index (χ4n) is 2.57. The minimum Gasteiger partial charge on any atom is -0.481 e. The zero-order chi connectivity index (χ0) is 16.5. The first-order chi connectivity index (χ1) is 10.3. The largest absolute Gasteiger partial charge is 0.481 e. The fraction of sp³-hybridized carbons (Fsp3) is 0.429. The second-order valence-corrected chi connectivity index (χ2v) is 7.39. The Bertz CT molecular complexity index is 742. The molecule has 1 saturated heterocycles. The molecule has 0 aliphatic carbocycles. The van der Waals surface area contributed by atoms with Gasteiger partial charge in [0.2, 0.25) is 10.0 Å². The van der Waals surface area contributed by atoms with Gasteiger partial charge in [0, 0.05) is 13.1 Å². The predicted octanol–water partition coefficient (Wildman–Crippen LogP) is 1.43. The molecule has 1 heterocycles. The summed E-state index contributed by atoms with van der Waals surface area (Å²) in [5, 5.41) is 17.8. The van der Waals surface area contributed by atoms with Crippen LogP contribution in [0.3, 0.4) is 0 Å². The number of benzene rings is 1. The van der Waals surface area contributed by atoms with Gasteiger partial charge in [-0.05, 0) is 30.5 Å². The Morgan fingerprint density at radius 2 is 2.14 bits per heavy atom. The van der Waals surface area contributed by atoms with Gasteiger partial charge in [-0.1, -0.05) is 6.92 Å². The number of nitriles is 1. The van der Waals surface area contributed by atoms with Crippen molar-refractivity contribution >= 4 is 16.0 Å². The lowest BCUT2D eigenvalue weighted by atomic mass is 9.92. The van der Waals surface area contributed by atoms with Crippen LogP contribution in [0.1, 0.15) is 18.9 Å². The van der Waals surface area contributed by atoms with Crippen LogP contribution in [0.5, 0.6) is 0 Å². The number of sulfonamides is 1. The second kappa shape index (κ2) is 6.02. The maximum atomic E-state index is 13.6. The SMILES string of the molecule is CC1CC(C(=O)O)CN(S(=O)(=O)c2ccc(C#N)c(F)c2)C1. The summed E-state index contributed by atoms with van der Waals surface area (Å²) in [5.74, 6) is -2.84. The molecule has 0 spiro atoms. The van der Waals surface area contributed by atoms with Crippen LogP contribution in [0.15, 0.2) is 23.1 Å². The molecule has 1 aromatic rings. The van der Waals surface area contributed by atoms with E-state index in [1.165, 1.54) is 0 Å². The van der Waals surface area contributed by atoms with Gasteiger partial charge in [-0.25, -0.2) is 12.8 Å².